The van der Waals surface area contributed by atoms with Crippen LogP contribution in [0.15, 0.2) is 42.6 Å². The molecule has 0 aliphatic carbocycles. The number of rotatable bonds is 6. The fourth-order valence-corrected chi connectivity index (χ4v) is 1.99. The van der Waals surface area contributed by atoms with Crippen LogP contribution in [-0.2, 0) is 9.53 Å². The number of anilines is 1. The molecule has 2 rings (SSSR count). The van der Waals surface area contributed by atoms with E-state index in [2.05, 4.69) is 10.3 Å². The minimum Gasteiger partial charge on any atom is -0.491 e. The zero-order valence-corrected chi connectivity index (χ0v) is 14.0. The summed E-state index contributed by atoms with van der Waals surface area (Å²) in [6, 6.07) is 9.74. The Morgan fingerprint density at radius 2 is 1.92 bits per heavy atom. The molecule has 0 unspecified atom stereocenters. The van der Waals surface area contributed by atoms with Gasteiger partial charge in [0, 0.05) is 6.20 Å². The maximum atomic E-state index is 11.9. The molecule has 7 heteroatoms. The number of esters is 1. The molecule has 126 valence electrons. The summed E-state index contributed by atoms with van der Waals surface area (Å²) in [6.45, 7) is 3.40. The molecule has 0 bridgehead atoms. The Morgan fingerprint density at radius 3 is 2.54 bits per heavy atom. The lowest BCUT2D eigenvalue weighted by Gasteiger charge is -2.10. The third-order valence-electron chi connectivity index (χ3n) is 2.83. The van der Waals surface area contributed by atoms with Crippen LogP contribution in [-0.4, -0.2) is 29.6 Å². The topological polar surface area (TPSA) is 77.5 Å². The summed E-state index contributed by atoms with van der Waals surface area (Å²) in [7, 11) is 0. The number of nitrogens with one attached hydrogen (secondary N) is 1. The Hall–Kier alpha value is -2.60. The van der Waals surface area contributed by atoms with Gasteiger partial charge in [0.15, 0.2) is 11.8 Å². The fraction of sp³-hybridized carbons (Fsp3) is 0.235. The van der Waals surface area contributed by atoms with Crippen LogP contribution in [0.4, 0.5) is 5.69 Å². The van der Waals surface area contributed by atoms with E-state index in [1.54, 1.807) is 36.4 Å². The number of benzene rings is 1. The van der Waals surface area contributed by atoms with E-state index < -0.39 is 18.5 Å². The molecule has 1 aromatic carbocycles. The number of pyridine rings is 1. The average molecular weight is 349 g/mol. The Balaban J connectivity index is 1.86. The molecule has 0 saturated carbocycles. The van der Waals surface area contributed by atoms with Crippen LogP contribution in [0, 0.1) is 0 Å². The second-order valence-electron chi connectivity index (χ2n) is 5.16. The van der Waals surface area contributed by atoms with Gasteiger partial charge in [0.2, 0.25) is 0 Å². The van der Waals surface area contributed by atoms with Gasteiger partial charge in [-0.15, -0.1) is 0 Å². The number of hydrogen-bond donors (Lipinski definition) is 1. The van der Waals surface area contributed by atoms with E-state index in [9.17, 15) is 9.59 Å². The number of halogens is 1. The van der Waals surface area contributed by atoms with Gasteiger partial charge in [-0.25, -0.2) is 9.78 Å². The Labute approximate surface area is 144 Å². The van der Waals surface area contributed by atoms with E-state index in [1.165, 1.54) is 6.20 Å². The SMILES string of the molecule is CC(C)Oc1ccc(C(=O)OCC(=O)Nc2cccnc2Cl)cc1. The summed E-state index contributed by atoms with van der Waals surface area (Å²) in [5.41, 5.74) is 0.689. The van der Waals surface area contributed by atoms with Crippen molar-refractivity contribution in [1.82, 2.24) is 4.98 Å². The minimum absolute atomic E-state index is 0.0470. The van der Waals surface area contributed by atoms with Crippen molar-refractivity contribution in [3.63, 3.8) is 0 Å². The molecule has 0 aliphatic heterocycles. The van der Waals surface area contributed by atoms with Crippen LogP contribution in [0.5, 0.6) is 5.75 Å². The molecule has 6 nitrogen and oxygen atoms in total. The summed E-state index contributed by atoms with van der Waals surface area (Å²) in [6.07, 6.45) is 1.55. The van der Waals surface area contributed by atoms with Crippen molar-refractivity contribution in [3.05, 3.63) is 53.3 Å². The second-order valence-corrected chi connectivity index (χ2v) is 5.52. The highest BCUT2D eigenvalue weighted by atomic mass is 35.5. The molecule has 24 heavy (non-hydrogen) atoms. The quantitative estimate of drug-likeness (QED) is 0.640. The Kier molecular flexibility index (Phi) is 6.14. The van der Waals surface area contributed by atoms with Crippen molar-refractivity contribution < 1.29 is 19.1 Å². The lowest BCUT2D eigenvalue weighted by molar-refractivity contribution is -0.119. The first-order valence-electron chi connectivity index (χ1n) is 7.30. The standard InChI is InChI=1S/C17H17ClN2O4/c1-11(2)24-13-7-5-12(6-8-13)17(22)23-10-15(21)20-14-4-3-9-19-16(14)18/h3-9,11H,10H2,1-2H3,(H,20,21). The first-order valence-corrected chi connectivity index (χ1v) is 7.67. The van der Waals surface area contributed by atoms with E-state index >= 15 is 0 Å². The summed E-state index contributed by atoms with van der Waals surface area (Å²) in [5, 5.41) is 2.68. The van der Waals surface area contributed by atoms with Crippen LogP contribution in [0.3, 0.4) is 0 Å². The second kappa shape index (κ2) is 8.31. The van der Waals surface area contributed by atoms with Crippen LogP contribution in [0.2, 0.25) is 5.15 Å². The molecule has 1 N–H and O–H groups in total. The lowest BCUT2D eigenvalue weighted by atomic mass is 10.2. The van der Waals surface area contributed by atoms with Gasteiger partial charge in [0.05, 0.1) is 17.4 Å². The molecule has 0 spiro atoms. The first kappa shape index (κ1) is 17.7. The number of nitrogens with zero attached hydrogens (tertiary/aromatic N) is 1. The molecule has 0 atom stereocenters. The third-order valence-corrected chi connectivity index (χ3v) is 3.13. The highest BCUT2D eigenvalue weighted by Gasteiger charge is 2.12. The predicted octanol–water partition coefficient (Wildman–Crippen LogP) is 3.32. The lowest BCUT2D eigenvalue weighted by Crippen LogP contribution is -2.21. The number of amides is 1. The number of carbonyl (C=O) groups is 2. The zero-order valence-electron chi connectivity index (χ0n) is 13.3. The number of aromatic nitrogens is 1. The predicted molar refractivity (Wildman–Crippen MR) is 90.4 cm³/mol. The summed E-state index contributed by atoms with van der Waals surface area (Å²) in [4.78, 5) is 27.5. The monoisotopic (exact) mass is 348 g/mol. The maximum Gasteiger partial charge on any atom is 0.338 e. The molecule has 0 radical (unpaired) electrons. The van der Waals surface area contributed by atoms with Crippen LogP contribution in [0.1, 0.15) is 24.2 Å². The van der Waals surface area contributed by atoms with Crippen LogP contribution >= 0.6 is 11.6 Å². The van der Waals surface area contributed by atoms with Crippen molar-refractivity contribution in [2.24, 2.45) is 0 Å². The first-order chi connectivity index (χ1) is 11.5. The molecular formula is C17H17ClN2O4. The van der Waals surface area contributed by atoms with Crippen LogP contribution in [0.25, 0.3) is 0 Å². The highest BCUT2D eigenvalue weighted by Crippen LogP contribution is 2.17. The van der Waals surface area contributed by atoms with Gasteiger partial charge < -0.3 is 14.8 Å². The molecule has 1 heterocycles. The zero-order chi connectivity index (χ0) is 17.5. The molecule has 2 aromatic rings. The van der Waals surface area contributed by atoms with Crippen molar-refractivity contribution in [1.29, 1.82) is 0 Å². The normalized spacial score (nSPS) is 10.3. The third kappa shape index (κ3) is 5.24. The van der Waals surface area contributed by atoms with Gasteiger partial charge in [-0.1, -0.05) is 11.6 Å². The summed E-state index contributed by atoms with van der Waals surface area (Å²) in [5.74, 6) is -0.443. The van der Waals surface area contributed by atoms with E-state index in [0.29, 0.717) is 17.0 Å². The Morgan fingerprint density at radius 1 is 1.21 bits per heavy atom. The van der Waals surface area contributed by atoms with E-state index in [-0.39, 0.29) is 11.3 Å². The van der Waals surface area contributed by atoms with Gasteiger partial charge in [-0.05, 0) is 50.2 Å². The number of carbonyl (C=O) groups excluding carboxylic acids is 2. The Bertz CT molecular complexity index is 717. The fourth-order valence-electron chi connectivity index (χ4n) is 1.82. The number of ether oxygens (including phenoxy) is 2. The van der Waals surface area contributed by atoms with Gasteiger partial charge in [0.1, 0.15) is 5.75 Å². The van der Waals surface area contributed by atoms with Gasteiger partial charge in [-0.2, -0.15) is 0 Å². The van der Waals surface area contributed by atoms with Crippen molar-refractivity contribution in [3.8, 4) is 5.75 Å². The highest BCUT2D eigenvalue weighted by molar-refractivity contribution is 6.32. The van der Waals surface area contributed by atoms with Crippen molar-refractivity contribution in [2.45, 2.75) is 20.0 Å². The average Bonchev–Trinajstić information content (AvgIpc) is 2.55. The summed E-state index contributed by atoms with van der Waals surface area (Å²) < 4.78 is 10.5. The van der Waals surface area contributed by atoms with Crippen LogP contribution < -0.4 is 10.1 Å². The summed E-state index contributed by atoms with van der Waals surface area (Å²) >= 11 is 5.83. The molecule has 0 saturated heterocycles. The largest absolute Gasteiger partial charge is 0.491 e. The molecular weight excluding hydrogens is 332 g/mol. The van der Waals surface area contributed by atoms with Crippen molar-refractivity contribution >= 4 is 29.2 Å². The molecule has 1 amide bonds. The van der Waals surface area contributed by atoms with Gasteiger partial charge >= 0.3 is 5.97 Å². The maximum absolute atomic E-state index is 11.9. The molecule has 1 aromatic heterocycles. The minimum atomic E-state index is -0.599. The number of hydrogen-bond acceptors (Lipinski definition) is 5. The van der Waals surface area contributed by atoms with Crippen molar-refractivity contribution in [2.75, 3.05) is 11.9 Å². The van der Waals surface area contributed by atoms with Gasteiger partial charge in [0.25, 0.3) is 5.91 Å². The smallest absolute Gasteiger partial charge is 0.338 e. The van der Waals surface area contributed by atoms with E-state index in [1.807, 2.05) is 13.8 Å². The van der Waals surface area contributed by atoms with Gasteiger partial charge in [-0.3, -0.25) is 4.79 Å². The van der Waals surface area contributed by atoms with E-state index in [0.717, 1.165) is 0 Å². The molecule has 0 fully saturated rings. The molecule has 0 aliphatic rings. The van der Waals surface area contributed by atoms with E-state index in [4.69, 9.17) is 21.1 Å².